The zero-order valence-corrected chi connectivity index (χ0v) is 15.5. The molecule has 0 saturated heterocycles. The summed E-state index contributed by atoms with van der Waals surface area (Å²) in [5, 5.41) is 0. The molecule has 0 radical (unpaired) electrons. The SMILES string of the molecule is NC(=O)c1c(F)ccc(OCCCCOc2ccc(S(F)(F)(F)(F)F)cc2)c1F. The Bertz CT molecular complexity index is 903. The predicted octanol–water partition coefficient (Wildman–Crippen LogP) is 5.96. The maximum Gasteiger partial charge on any atom is 0.310 e. The minimum absolute atomic E-state index is 0.0254. The van der Waals surface area contributed by atoms with E-state index in [0.29, 0.717) is 12.8 Å². The van der Waals surface area contributed by atoms with Crippen LogP contribution in [0.25, 0.3) is 0 Å². The molecule has 0 spiro atoms. The maximum absolute atomic E-state index is 13.9. The number of carbonyl (C=O) groups is 1. The van der Waals surface area contributed by atoms with Crippen LogP contribution in [0.15, 0.2) is 41.3 Å². The fourth-order valence-corrected chi connectivity index (χ4v) is 2.89. The molecule has 2 rings (SSSR count). The number of rotatable bonds is 9. The van der Waals surface area contributed by atoms with E-state index in [1.807, 2.05) is 0 Å². The van der Waals surface area contributed by atoms with E-state index >= 15 is 0 Å². The molecular formula is C17H16F7NO3S. The van der Waals surface area contributed by atoms with Crippen molar-refractivity contribution in [2.24, 2.45) is 5.73 Å². The van der Waals surface area contributed by atoms with Crippen LogP contribution in [-0.4, -0.2) is 19.1 Å². The zero-order valence-electron chi connectivity index (χ0n) is 14.6. The molecule has 29 heavy (non-hydrogen) atoms. The van der Waals surface area contributed by atoms with E-state index in [1.165, 1.54) is 0 Å². The third kappa shape index (κ3) is 6.17. The van der Waals surface area contributed by atoms with E-state index in [-0.39, 0.29) is 36.8 Å². The van der Waals surface area contributed by atoms with Crippen molar-refractivity contribution in [3.8, 4) is 11.5 Å². The van der Waals surface area contributed by atoms with Crippen LogP contribution in [0.1, 0.15) is 23.2 Å². The highest BCUT2D eigenvalue weighted by molar-refractivity contribution is 8.45. The van der Waals surface area contributed by atoms with Gasteiger partial charge in [0.1, 0.15) is 22.0 Å². The molecule has 2 aromatic rings. The minimum Gasteiger partial charge on any atom is -0.494 e. The summed E-state index contributed by atoms with van der Waals surface area (Å²) in [4.78, 5) is 9.01. The molecule has 162 valence electrons. The number of unbranched alkanes of at least 4 members (excludes halogenated alkanes) is 1. The van der Waals surface area contributed by atoms with Crippen LogP contribution < -0.4 is 15.2 Å². The van der Waals surface area contributed by atoms with Crippen LogP contribution in [0.3, 0.4) is 0 Å². The molecule has 1 amide bonds. The van der Waals surface area contributed by atoms with E-state index in [1.54, 1.807) is 0 Å². The molecule has 12 heteroatoms. The van der Waals surface area contributed by atoms with Crippen molar-refractivity contribution in [3.63, 3.8) is 0 Å². The molecule has 2 N–H and O–H groups in total. The number of amides is 1. The van der Waals surface area contributed by atoms with E-state index in [2.05, 4.69) is 0 Å². The number of primary amides is 1. The first-order valence-electron chi connectivity index (χ1n) is 8.06. The van der Waals surface area contributed by atoms with Gasteiger partial charge in [-0.3, -0.25) is 4.79 Å². The Hall–Kier alpha value is -2.63. The molecule has 0 aromatic heterocycles. The van der Waals surface area contributed by atoms with E-state index in [4.69, 9.17) is 15.2 Å². The summed E-state index contributed by atoms with van der Waals surface area (Å²) < 4.78 is 101. The average Bonchev–Trinajstić information content (AvgIpc) is 2.57. The fraction of sp³-hybridized carbons (Fsp3) is 0.235. The van der Waals surface area contributed by atoms with Crippen molar-refractivity contribution < 1.29 is 42.5 Å². The number of hydrogen-bond donors (Lipinski definition) is 1. The van der Waals surface area contributed by atoms with Gasteiger partial charge >= 0.3 is 10.2 Å². The first kappa shape index (κ1) is 22.7. The molecule has 4 nitrogen and oxygen atoms in total. The second-order valence-corrected chi connectivity index (χ2v) is 8.35. The van der Waals surface area contributed by atoms with Crippen molar-refractivity contribution in [2.75, 3.05) is 13.2 Å². The highest BCUT2D eigenvalue weighted by Crippen LogP contribution is 3.02. The Morgan fingerprint density at radius 1 is 0.862 bits per heavy atom. The highest BCUT2D eigenvalue weighted by Gasteiger charge is 2.65. The highest BCUT2D eigenvalue weighted by atomic mass is 32.5. The summed E-state index contributed by atoms with van der Waals surface area (Å²) >= 11 is 0. The van der Waals surface area contributed by atoms with Gasteiger partial charge in [-0.15, -0.1) is 0 Å². The van der Waals surface area contributed by atoms with Gasteiger partial charge in [0, 0.05) is 0 Å². The van der Waals surface area contributed by atoms with Crippen molar-refractivity contribution in [3.05, 3.63) is 53.6 Å². The van der Waals surface area contributed by atoms with Gasteiger partial charge in [0.25, 0.3) is 5.91 Å². The maximum atomic E-state index is 13.9. The van der Waals surface area contributed by atoms with Crippen LogP contribution in [0, 0.1) is 11.6 Å². The number of hydrogen-bond acceptors (Lipinski definition) is 3. The Kier molecular flexibility index (Phi) is 5.72. The van der Waals surface area contributed by atoms with Gasteiger partial charge in [-0.1, -0.05) is 19.4 Å². The van der Waals surface area contributed by atoms with Crippen LogP contribution >= 0.6 is 10.2 Å². The van der Waals surface area contributed by atoms with E-state index in [0.717, 1.165) is 24.3 Å². The number of nitrogens with two attached hydrogens (primary N) is 1. The average molecular weight is 447 g/mol. The van der Waals surface area contributed by atoms with Crippen LogP contribution in [0.4, 0.5) is 28.2 Å². The molecule has 0 aliphatic carbocycles. The molecule has 0 atom stereocenters. The second-order valence-electron chi connectivity index (χ2n) is 5.94. The zero-order chi connectivity index (χ0) is 21.9. The molecule has 0 fully saturated rings. The molecule has 0 unspecified atom stereocenters. The van der Waals surface area contributed by atoms with Crippen LogP contribution in [0.5, 0.6) is 11.5 Å². The standard InChI is InChI=1S/C17H16F7NO3S/c18-13-7-8-14(16(19)15(13)17(25)26)28-10-2-1-9-27-11-3-5-12(6-4-11)29(20,21,22,23)24/h3-8H,1-2,9-10H2,(H2,25,26). The fourth-order valence-electron chi connectivity index (χ4n) is 2.24. The number of carbonyl (C=O) groups excluding carboxylic acids is 1. The van der Waals surface area contributed by atoms with E-state index < -0.39 is 38.2 Å². The monoisotopic (exact) mass is 447 g/mol. The largest absolute Gasteiger partial charge is 0.494 e. The van der Waals surface area contributed by atoms with Crippen molar-refractivity contribution in [2.45, 2.75) is 17.7 Å². The lowest BCUT2D eigenvalue weighted by Gasteiger charge is -2.40. The Morgan fingerprint density at radius 2 is 1.41 bits per heavy atom. The summed E-state index contributed by atoms with van der Waals surface area (Å²) in [6, 6.07) is 3.87. The number of halogens is 7. The third-order valence-electron chi connectivity index (χ3n) is 3.64. The lowest BCUT2D eigenvalue weighted by molar-refractivity contribution is 0.0991. The lowest BCUT2D eigenvalue weighted by atomic mass is 10.1. The summed E-state index contributed by atoms with van der Waals surface area (Å²) in [5.41, 5.74) is 3.97. The van der Waals surface area contributed by atoms with Gasteiger partial charge in [0.2, 0.25) is 0 Å². The van der Waals surface area contributed by atoms with Crippen molar-refractivity contribution in [1.29, 1.82) is 0 Å². The Balaban J connectivity index is 1.80. The minimum atomic E-state index is -9.72. The summed E-state index contributed by atoms with van der Waals surface area (Å²) in [7, 11) is -9.72. The molecule has 0 saturated carbocycles. The molecule has 0 bridgehead atoms. The van der Waals surface area contributed by atoms with Gasteiger partial charge in [0.15, 0.2) is 11.6 Å². The normalized spacial score (nSPS) is 14.0. The first-order chi connectivity index (χ1) is 13.2. The molecule has 0 heterocycles. The Morgan fingerprint density at radius 3 is 1.93 bits per heavy atom. The molecule has 0 aliphatic heterocycles. The van der Waals surface area contributed by atoms with Crippen molar-refractivity contribution in [1.82, 2.24) is 0 Å². The molecule has 0 aliphatic rings. The summed E-state index contributed by atoms with van der Waals surface area (Å²) in [5.74, 6) is -4.03. The summed E-state index contributed by atoms with van der Waals surface area (Å²) in [6.07, 6.45) is 0.640. The molecular weight excluding hydrogens is 431 g/mol. The third-order valence-corrected chi connectivity index (χ3v) is 4.80. The lowest BCUT2D eigenvalue weighted by Crippen LogP contribution is -2.16. The van der Waals surface area contributed by atoms with Gasteiger partial charge in [-0.05, 0) is 49.2 Å². The van der Waals surface area contributed by atoms with Crippen molar-refractivity contribution >= 4 is 16.1 Å². The topological polar surface area (TPSA) is 61.6 Å². The number of ether oxygens (including phenoxy) is 2. The quantitative estimate of drug-likeness (QED) is 0.381. The van der Waals surface area contributed by atoms with Gasteiger partial charge in [-0.2, -0.15) is 0 Å². The molecule has 2 aromatic carbocycles. The smallest absolute Gasteiger partial charge is 0.310 e. The predicted molar refractivity (Wildman–Crippen MR) is 92.9 cm³/mol. The van der Waals surface area contributed by atoms with Gasteiger partial charge in [0.05, 0.1) is 13.2 Å². The summed E-state index contributed by atoms with van der Waals surface area (Å²) in [6.45, 7) is -0.00911. The second kappa shape index (κ2) is 7.32. The first-order valence-corrected chi connectivity index (χ1v) is 10.0. The van der Waals surface area contributed by atoms with Gasteiger partial charge in [-0.25, -0.2) is 8.78 Å². The number of benzene rings is 2. The van der Waals surface area contributed by atoms with Crippen LogP contribution in [-0.2, 0) is 0 Å². The van der Waals surface area contributed by atoms with Gasteiger partial charge < -0.3 is 15.2 Å². The van der Waals surface area contributed by atoms with E-state index in [9.17, 15) is 33.0 Å². The Labute approximate surface area is 161 Å². The van der Waals surface area contributed by atoms with Crippen LogP contribution in [0.2, 0.25) is 0 Å².